The number of benzene rings is 2. The molecule has 0 saturated carbocycles. The van der Waals surface area contributed by atoms with Crippen molar-refractivity contribution in [3.05, 3.63) is 66.5 Å². The van der Waals surface area contributed by atoms with Crippen LogP contribution in [-0.2, 0) is 11.2 Å². The van der Waals surface area contributed by atoms with Gasteiger partial charge in [-0.3, -0.25) is 4.79 Å². The number of carbonyl (C=O) groups is 1. The molecule has 2 heterocycles. The van der Waals surface area contributed by atoms with Crippen LogP contribution in [0.4, 0.5) is 5.13 Å². The zero-order chi connectivity index (χ0) is 17.8. The minimum Gasteiger partial charge on any atom is -0.300 e. The Morgan fingerprint density at radius 3 is 2.69 bits per heavy atom. The monoisotopic (exact) mass is 379 g/mol. The van der Waals surface area contributed by atoms with E-state index in [1.807, 2.05) is 54.6 Å². The van der Waals surface area contributed by atoms with Crippen molar-refractivity contribution in [1.29, 1.82) is 0 Å². The first-order valence-corrected chi connectivity index (χ1v) is 9.46. The van der Waals surface area contributed by atoms with Crippen molar-refractivity contribution >= 4 is 45.0 Å². The highest BCUT2D eigenvalue weighted by atomic mass is 32.2. The third-order valence-corrected chi connectivity index (χ3v) is 5.46. The second kappa shape index (κ2) is 7.59. The SMILES string of the molecule is O=C(Cc1ccccc1)Nc1nnc(Sc2ncnc3ccccc23)s1. The molecule has 1 amide bonds. The lowest BCUT2D eigenvalue weighted by Crippen LogP contribution is -2.14. The molecule has 2 aromatic carbocycles. The zero-order valence-electron chi connectivity index (χ0n) is 13.5. The molecule has 0 bridgehead atoms. The first-order valence-electron chi connectivity index (χ1n) is 7.83. The van der Waals surface area contributed by atoms with E-state index in [2.05, 4.69) is 25.5 Å². The van der Waals surface area contributed by atoms with Gasteiger partial charge in [-0.25, -0.2) is 9.97 Å². The maximum atomic E-state index is 12.1. The number of rotatable bonds is 5. The molecule has 6 nitrogen and oxygen atoms in total. The van der Waals surface area contributed by atoms with E-state index in [4.69, 9.17) is 0 Å². The molecule has 0 aliphatic carbocycles. The normalized spacial score (nSPS) is 10.8. The fourth-order valence-electron chi connectivity index (χ4n) is 2.39. The zero-order valence-corrected chi connectivity index (χ0v) is 15.1. The second-order valence-corrected chi connectivity index (χ2v) is 7.60. The van der Waals surface area contributed by atoms with Gasteiger partial charge in [0, 0.05) is 5.39 Å². The molecule has 128 valence electrons. The molecule has 0 atom stereocenters. The lowest BCUT2D eigenvalue weighted by Gasteiger charge is -2.01. The van der Waals surface area contributed by atoms with Gasteiger partial charge in [-0.15, -0.1) is 10.2 Å². The number of amides is 1. The van der Waals surface area contributed by atoms with Crippen molar-refractivity contribution in [1.82, 2.24) is 20.2 Å². The third-order valence-electron chi connectivity index (χ3n) is 3.55. The van der Waals surface area contributed by atoms with Gasteiger partial charge < -0.3 is 5.32 Å². The van der Waals surface area contributed by atoms with Gasteiger partial charge in [0.2, 0.25) is 11.0 Å². The fraction of sp³-hybridized carbons (Fsp3) is 0.0556. The fourth-order valence-corrected chi connectivity index (χ4v) is 4.15. The molecule has 0 spiro atoms. The van der Waals surface area contributed by atoms with Crippen molar-refractivity contribution in [2.24, 2.45) is 0 Å². The van der Waals surface area contributed by atoms with Gasteiger partial charge in [0.15, 0.2) is 4.34 Å². The van der Waals surface area contributed by atoms with Gasteiger partial charge in [0.25, 0.3) is 0 Å². The summed E-state index contributed by atoms with van der Waals surface area (Å²) >= 11 is 2.74. The Balaban J connectivity index is 1.45. The number of anilines is 1. The van der Waals surface area contributed by atoms with Crippen molar-refractivity contribution in [3.63, 3.8) is 0 Å². The van der Waals surface area contributed by atoms with Crippen LogP contribution in [0.25, 0.3) is 10.9 Å². The number of hydrogen-bond acceptors (Lipinski definition) is 7. The Kier molecular flexibility index (Phi) is 4.85. The molecule has 1 N–H and O–H groups in total. The summed E-state index contributed by atoms with van der Waals surface area (Å²) in [6.45, 7) is 0. The van der Waals surface area contributed by atoms with E-state index < -0.39 is 0 Å². The van der Waals surface area contributed by atoms with Crippen LogP contribution in [0.15, 0.2) is 70.3 Å². The molecule has 0 radical (unpaired) electrons. The number of nitrogens with one attached hydrogen (secondary N) is 1. The van der Waals surface area contributed by atoms with Gasteiger partial charge in [0.05, 0.1) is 11.9 Å². The largest absolute Gasteiger partial charge is 0.300 e. The summed E-state index contributed by atoms with van der Waals surface area (Å²) in [5.74, 6) is -0.114. The number of aromatic nitrogens is 4. The first kappa shape index (κ1) is 16.6. The van der Waals surface area contributed by atoms with Crippen molar-refractivity contribution in [2.75, 3.05) is 5.32 Å². The molecular weight excluding hydrogens is 366 g/mol. The predicted molar refractivity (Wildman–Crippen MR) is 102 cm³/mol. The maximum absolute atomic E-state index is 12.1. The second-order valence-electron chi connectivity index (χ2n) is 5.38. The van der Waals surface area contributed by atoms with Crippen LogP contribution in [-0.4, -0.2) is 26.1 Å². The quantitative estimate of drug-likeness (QED) is 0.419. The van der Waals surface area contributed by atoms with Crippen LogP contribution in [0.2, 0.25) is 0 Å². The minimum absolute atomic E-state index is 0.114. The number of hydrogen-bond donors (Lipinski definition) is 1. The summed E-state index contributed by atoms with van der Waals surface area (Å²) in [4.78, 5) is 20.7. The molecule has 26 heavy (non-hydrogen) atoms. The number of fused-ring (bicyclic) bond motifs is 1. The van der Waals surface area contributed by atoms with Crippen LogP contribution >= 0.6 is 23.1 Å². The van der Waals surface area contributed by atoms with E-state index in [0.29, 0.717) is 15.9 Å². The third kappa shape index (κ3) is 3.87. The van der Waals surface area contributed by atoms with Crippen LogP contribution in [0, 0.1) is 0 Å². The highest BCUT2D eigenvalue weighted by molar-refractivity contribution is 8.01. The van der Waals surface area contributed by atoms with Crippen molar-refractivity contribution < 1.29 is 4.79 Å². The summed E-state index contributed by atoms with van der Waals surface area (Å²) in [5, 5.41) is 13.2. The first-order chi connectivity index (χ1) is 12.8. The highest BCUT2D eigenvalue weighted by Gasteiger charge is 2.12. The van der Waals surface area contributed by atoms with E-state index in [9.17, 15) is 4.79 Å². The molecule has 4 aromatic rings. The Labute approximate surface area is 157 Å². The van der Waals surface area contributed by atoms with E-state index in [0.717, 1.165) is 21.5 Å². The van der Waals surface area contributed by atoms with E-state index in [1.54, 1.807) is 0 Å². The number of carbonyl (C=O) groups excluding carboxylic acids is 1. The molecule has 2 aromatic heterocycles. The predicted octanol–water partition coefficient (Wildman–Crippen LogP) is 3.81. The van der Waals surface area contributed by atoms with Crippen LogP contribution in [0.5, 0.6) is 0 Å². The highest BCUT2D eigenvalue weighted by Crippen LogP contribution is 2.34. The van der Waals surface area contributed by atoms with Gasteiger partial charge in [-0.1, -0.05) is 59.9 Å². The summed E-state index contributed by atoms with van der Waals surface area (Å²) in [6, 6.07) is 17.4. The standard InChI is InChI=1S/C18H13N5OS2/c24-15(10-12-6-2-1-3-7-12)21-17-22-23-18(26-17)25-16-13-8-4-5-9-14(13)19-11-20-16/h1-9,11H,10H2,(H,21,22,24). The molecule has 0 saturated heterocycles. The molecule has 0 fully saturated rings. The van der Waals surface area contributed by atoms with Gasteiger partial charge in [-0.05, 0) is 23.4 Å². The van der Waals surface area contributed by atoms with Crippen LogP contribution in [0.1, 0.15) is 5.56 Å². The molecule has 4 rings (SSSR count). The van der Waals surface area contributed by atoms with Gasteiger partial charge in [0.1, 0.15) is 11.4 Å². The molecule has 0 unspecified atom stereocenters. The molecule has 0 aliphatic heterocycles. The maximum Gasteiger partial charge on any atom is 0.230 e. The summed E-state index contributed by atoms with van der Waals surface area (Å²) in [5.41, 5.74) is 1.84. The smallest absolute Gasteiger partial charge is 0.230 e. The van der Waals surface area contributed by atoms with E-state index in [-0.39, 0.29) is 5.91 Å². The van der Waals surface area contributed by atoms with Crippen molar-refractivity contribution in [2.45, 2.75) is 15.8 Å². The molecular formula is C18H13N5OS2. The molecule has 0 aliphatic rings. The average molecular weight is 379 g/mol. The Morgan fingerprint density at radius 2 is 1.81 bits per heavy atom. The number of nitrogens with zero attached hydrogens (tertiary/aromatic N) is 4. The van der Waals surface area contributed by atoms with Crippen LogP contribution in [0.3, 0.4) is 0 Å². The Hall–Kier alpha value is -2.84. The summed E-state index contributed by atoms with van der Waals surface area (Å²) in [7, 11) is 0. The van der Waals surface area contributed by atoms with Crippen LogP contribution < -0.4 is 5.32 Å². The summed E-state index contributed by atoms with van der Waals surface area (Å²) < 4.78 is 0.712. The van der Waals surface area contributed by atoms with Gasteiger partial charge >= 0.3 is 0 Å². The topological polar surface area (TPSA) is 80.7 Å². The minimum atomic E-state index is -0.114. The Bertz CT molecular complexity index is 1050. The molecule has 8 heteroatoms. The van der Waals surface area contributed by atoms with Crippen molar-refractivity contribution in [3.8, 4) is 0 Å². The van der Waals surface area contributed by atoms with E-state index in [1.165, 1.54) is 29.4 Å². The lowest BCUT2D eigenvalue weighted by atomic mass is 10.1. The number of para-hydroxylation sites is 1. The lowest BCUT2D eigenvalue weighted by molar-refractivity contribution is -0.115. The van der Waals surface area contributed by atoms with E-state index >= 15 is 0 Å². The average Bonchev–Trinajstić information content (AvgIpc) is 3.09. The summed E-state index contributed by atoms with van der Waals surface area (Å²) in [6.07, 6.45) is 1.84. The Morgan fingerprint density at radius 1 is 1.00 bits per heavy atom. The van der Waals surface area contributed by atoms with Gasteiger partial charge in [-0.2, -0.15) is 0 Å².